The highest BCUT2D eigenvalue weighted by Crippen LogP contribution is 2.39. The van der Waals surface area contributed by atoms with E-state index in [1.807, 2.05) is 6.92 Å². The number of amides is 4. The van der Waals surface area contributed by atoms with Gasteiger partial charge in [0, 0.05) is 6.54 Å². The number of aliphatic hydroxyl groups excluding tert-OH is 1. The van der Waals surface area contributed by atoms with E-state index < -0.39 is 35.5 Å². The van der Waals surface area contributed by atoms with Crippen LogP contribution in [0.4, 0.5) is 0 Å². The number of nitrogens with one attached hydrogen (secondary N) is 1. The first-order valence-electron chi connectivity index (χ1n) is 8.77. The molecule has 0 aromatic rings. The van der Waals surface area contributed by atoms with Crippen molar-refractivity contribution in [1.82, 2.24) is 15.1 Å². The fourth-order valence-electron chi connectivity index (χ4n) is 3.57. The van der Waals surface area contributed by atoms with Gasteiger partial charge in [0.2, 0.25) is 17.7 Å². The van der Waals surface area contributed by atoms with Crippen LogP contribution in [-0.4, -0.2) is 81.9 Å². The van der Waals surface area contributed by atoms with E-state index in [4.69, 9.17) is 11.5 Å². The largest absolute Gasteiger partial charge is 0.391 e. The van der Waals surface area contributed by atoms with Crippen molar-refractivity contribution in [3.8, 4) is 0 Å². The molecule has 0 radical (unpaired) electrons. The fourth-order valence-corrected chi connectivity index (χ4v) is 3.57. The molecule has 2 saturated heterocycles. The van der Waals surface area contributed by atoms with E-state index in [-0.39, 0.29) is 24.9 Å². The zero-order valence-electron chi connectivity index (χ0n) is 15.1. The number of β-lactam (4-membered cyclic amide) rings is 1. The predicted octanol–water partition coefficient (Wildman–Crippen LogP) is -2.72. The number of hydrogen-bond donors (Lipinski definition) is 4. The summed E-state index contributed by atoms with van der Waals surface area (Å²) in [6.45, 7) is 3.60. The number of carbonyl (C=O) groups is 4. The van der Waals surface area contributed by atoms with Crippen LogP contribution in [-0.2, 0) is 19.2 Å². The Labute approximate surface area is 151 Å². The van der Waals surface area contributed by atoms with E-state index in [9.17, 15) is 24.3 Å². The van der Waals surface area contributed by atoms with Crippen LogP contribution in [0, 0.1) is 0 Å². The summed E-state index contributed by atoms with van der Waals surface area (Å²) < 4.78 is 0. The van der Waals surface area contributed by atoms with Gasteiger partial charge in [-0.3, -0.25) is 19.2 Å². The van der Waals surface area contributed by atoms with E-state index in [0.717, 1.165) is 0 Å². The third-order valence-electron chi connectivity index (χ3n) is 5.09. The SMILES string of the molecule is CCC(N)C(=O)N1CCCC12CN(CC(=O)NC(C(N)=O)C(C)O)C2=O. The Morgan fingerprint density at radius 2 is 2.04 bits per heavy atom. The molecule has 10 nitrogen and oxygen atoms in total. The predicted molar refractivity (Wildman–Crippen MR) is 91.3 cm³/mol. The Balaban J connectivity index is 1.98. The lowest BCUT2D eigenvalue weighted by molar-refractivity contribution is -0.169. The lowest BCUT2D eigenvalue weighted by atomic mass is 9.85. The first-order chi connectivity index (χ1) is 12.1. The monoisotopic (exact) mass is 369 g/mol. The Morgan fingerprint density at radius 1 is 1.38 bits per heavy atom. The Bertz CT molecular complexity index is 610. The Morgan fingerprint density at radius 3 is 2.54 bits per heavy atom. The van der Waals surface area contributed by atoms with Gasteiger partial charge in [-0.05, 0) is 26.2 Å². The molecule has 26 heavy (non-hydrogen) atoms. The zero-order chi connectivity index (χ0) is 19.6. The van der Waals surface area contributed by atoms with Crippen molar-refractivity contribution in [2.24, 2.45) is 11.5 Å². The summed E-state index contributed by atoms with van der Waals surface area (Å²) in [4.78, 5) is 51.3. The second kappa shape index (κ2) is 7.58. The van der Waals surface area contributed by atoms with Gasteiger partial charge >= 0.3 is 0 Å². The third kappa shape index (κ3) is 3.51. The van der Waals surface area contributed by atoms with Crippen LogP contribution in [0.5, 0.6) is 0 Å². The smallest absolute Gasteiger partial charge is 0.250 e. The van der Waals surface area contributed by atoms with E-state index >= 15 is 0 Å². The molecule has 1 spiro atoms. The molecule has 2 fully saturated rings. The number of primary amides is 1. The second-order valence-corrected chi connectivity index (χ2v) is 6.99. The van der Waals surface area contributed by atoms with Crippen molar-refractivity contribution in [3.05, 3.63) is 0 Å². The summed E-state index contributed by atoms with van der Waals surface area (Å²) in [6.07, 6.45) is 0.594. The van der Waals surface area contributed by atoms with E-state index in [1.165, 1.54) is 11.8 Å². The minimum absolute atomic E-state index is 0.245. The summed E-state index contributed by atoms with van der Waals surface area (Å²) in [6, 6.07) is -1.86. The lowest BCUT2D eigenvalue weighted by Crippen LogP contribution is -2.74. The minimum atomic E-state index is -1.22. The number of hydrogen-bond acceptors (Lipinski definition) is 6. The highest BCUT2D eigenvalue weighted by atomic mass is 16.3. The first kappa shape index (κ1) is 20.1. The van der Waals surface area contributed by atoms with Crippen LogP contribution in [0.25, 0.3) is 0 Å². The number of likely N-dealkylation sites (tertiary alicyclic amines) is 2. The Hall–Kier alpha value is -2.20. The fraction of sp³-hybridized carbons (Fsp3) is 0.750. The molecule has 10 heteroatoms. The van der Waals surface area contributed by atoms with Crippen LogP contribution in [0.2, 0.25) is 0 Å². The Kier molecular flexibility index (Phi) is 5.87. The maximum Gasteiger partial charge on any atom is 0.250 e. The molecule has 2 aliphatic heterocycles. The van der Waals surface area contributed by atoms with Gasteiger partial charge in [0.1, 0.15) is 11.6 Å². The van der Waals surface area contributed by atoms with Crippen molar-refractivity contribution in [2.45, 2.75) is 56.8 Å². The molecule has 4 atom stereocenters. The summed E-state index contributed by atoms with van der Waals surface area (Å²) in [5, 5.41) is 11.8. The molecule has 4 amide bonds. The number of carbonyl (C=O) groups excluding carboxylic acids is 4. The van der Waals surface area contributed by atoms with Crippen LogP contribution >= 0.6 is 0 Å². The second-order valence-electron chi connectivity index (χ2n) is 6.99. The van der Waals surface area contributed by atoms with Crippen molar-refractivity contribution in [3.63, 3.8) is 0 Å². The average molecular weight is 369 g/mol. The summed E-state index contributed by atoms with van der Waals surface area (Å²) in [7, 11) is 0. The average Bonchev–Trinajstić information content (AvgIpc) is 3.03. The normalized spacial score (nSPS) is 25.6. The molecule has 2 heterocycles. The van der Waals surface area contributed by atoms with E-state index in [0.29, 0.717) is 25.8 Å². The van der Waals surface area contributed by atoms with Gasteiger partial charge in [0.25, 0.3) is 5.91 Å². The first-order valence-corrected chi connectivity index (χ1v) is 8.77. The van der Waals surface area contributed by atoms with E-state index in [2.05, 4.69) is 5.32 Å². The van der Waals surface area contributed by atoms with Crippen LogP contribution < -0.4 is 16.8 Å². The van der Waals surface area contributed by atoms with Crippen LogP contribution in [0.15, 0.2) is 0 Å². The minimum Gasteiger partial charge on any atom is -0.391 e. The van der Waals surface area contributed by atoms with E-state index in [1.54, 1.807) is 4.90 Å². The summed E-state index contributed by atoms with van der Waals surface area (Å²) in [5.74, 6) is -2.00. The number of nitrogens with two attached hydrogens (primary N) is 2. The molecule has 4 unspecified atom stereocenters. The number of aliphatic hydroxyl groups is 1. The molecule has 2 rings (SSSR count). The quantitative estimate of drug-likeness (QED) is 0.357. The van der Waals surface area contributed by atoms with Gasteiger partial charge in [0.15, 0.2) is 0 Å². The third-order valence-corrected chi connectivity index (χ3v) is 5.09. The van der Waals surface area contributed by atoms with Crippen LogP contribution in [0.1, 0.15) is 33.1 Å². The van der Waals surface area contributed by atoms with Gasteiger partial charge in [0.05, 0.1) is 25.2 Å². The standard InChI is InChI=1S/C16H27N5O5/c1-3-10(17)14(25)21-6-4-5-16(21)8-20(15(16)26)7-11(23)19-12(9(2)22)13(18)24/h9-10,12,22H,3-8,17H2,1-2H3,(H2,18,24)(H,19,23). The molecular weight excluding hydrogens is 342 g/mol. The van der Waals surface area contributed by atoms with Crippen molar-refractivity contribution >= 4 is 23.6 Å². The van der Waals surface area contributed by atoms with Gasteiger partial charge in [-0.2, -0.15) is 0 Å². The molecule has 6 N–H and O–H groups in total. The van der Waals surface area contributed by atoms with Crippen molar-refractivity contribution < 1.29 is 24.3 Å². The zero-order valence-corrected chi connectivity index (χ0v) is 15.1. The topological polar surface area (TPSA) is 159 Å². The summed E-state index contributed by atoms with van der Waals surface area (Å²) >= 11 is 0. The highest BCUT2D eigenvalue weighted by Gasteiger charge is 2.60. The molecule has 2 aliphatic rings. The maximum atomic E-state index is 12.7. The number of rotatable bonds is 7. The number of nitrogens with zero attached hydrogens (tertiary/aromatic N) is 2. The van der Waals surface area contributed by atoms with Gasteiger partial charge in [-0.15, -0.1) is 0 Å². The molecule has 0 aromatic carbocycles. The van der Waals surface area contributed by atoms with Gasteiger partial charge in [-0.1, -0.05) is 6.92 Å². The highest BCUT2D eigenvalue weighted by molar-refractivity contribution is 6.00. The molecule has 0 bridgehead atoms. The molecule has 0 aromatic heterocycles. The molecule has 0 saturated carbocycles. The molecule has 0 aliphatic carbocycles. The molecule has 146 valence electrons. The van der Waals surface area contributed by atoms with Crippen LogP contribution in [0.3, 0.4) is 0 Å². The van der Waals surface area contributed by atoms with Crippen molar-refractivity contribution in [2.75, 3.05) is 19.6 Å². The van der Waals surface area contributed by atoms with Gasteiger partial charge < -0.3 is 31.7 Å². The van der Waals surface area contributed by atoms with Crippen molar-refractivity contribution in [1.29, 1.82) is 0 Å². The summed E-state index contributed by atoms with van der Waals surface area (Å²) in [5.41, 5.74) is 10.0. The lowest BCUT2D eigenvalue weighted by Gasteiger charge is -2.51. The van der Waals surface area contributed by atoms with Gasteiger partial charge in [-0.25, -0.2) is 0 Å². The maximum absolute atomic E-state index is 12.7. The molecular formula is C16H27N5O5.